The Morgan fingerprint density at radius 1 is 0.960 bits per heavy atom. The number of hydrogen-bond donors (Lipinski definition) is 3. The average molecular weight is 381 g/mol. The van der Waals surface area contributed by atoms with Crippen molar-refractivity contribution < 1.29 is 21.6 Å². The van der Waals surface area contributed by atoms with Gasteiger partial charge < -0.3 is 5.32 Å². The molecule has 0 bridgehead atoms. The average Bonchev–Trinajstić information content (AvgIpc) is 2.86. The van der Waals surface area contributed by atoms with E-state index < -0.39 is 20.0 Å². The molecule has 0 aromatic heterocycles. The largest absolute Gasteiger partial charge is 0.326 e. The molecule has 2 aromatic rings. The Hall–Kier alpha value is -2.59. The zero-order chi connectivity index (χ0) is 18.2. The summed E-state index contributed by atoms with van der Waals surface area (Å²) in [5.41, 5.74) is 1.40. The van der Waals surface area contributed by atoms with Gasteiger partial charge in [0.05, 0.1) is 28.9 Å². The van der Waals surface area contributed by atoms with E-state index >= 15 is 0 Å². The molecule has 1 amide bonds. The number of benzene rings is 2. The molecule has 0 saturated carbocycles. The fraction of sp³-hybridized carbons (Fsp3) is 0.133. The highest BCUT2D eigenvalue weighted by Gasteiger charge is 2.22. The maximum atomic E-state index is 12.6. The van der Waals surface area contributed by atoms with Gasteiger partial charge in [-0.25, -0.2) is 16.8 Å². The lowest BCUT2D eigenvalue weighted by Gasteiger charge is -2.13. The van der Waals surface area contributed by atoms with Crippen LogP contribution in [-0.4, -0.2) is 29.0 Å². The summed E-state index contributed by atoms with van der Waals surface area (Å²) in [4.78, 5) is 11.4. The fourth-order valence-electron chi connectivity index (χ4n) is 2.44. The lowest BCUT2D eigenvalue weighted by atomic mass is 10.2. The number of rotatable bonds is 5. The van der Waals surface area contributed by atoms with Gasteiger partial charge in [0, 0.05) is 5.69 Å². The second-order valence-electron chi connectivity index (χ2n) is 5.57. The number of para-hydroxylation sites is 2. The molecular weight excluding hydrogens is 366 g/mol. The summed E-state index contributed by atoms with van der Waals surface area (Å²) in [6.45, 7) is 0. The lowest BCUT2D eigenvalue weighted by Crippen LogP contribution is -2.16. The molecule has 3 N–H and O–H groups in total. The summed E-state index contributed by atoms with van der Waals surface area (Å²) in [6, 6.07) is 10.4. The van der Waals surface area contributed by atoms with Gasteiger partial charge in [0.15, 0.2) is 0 Å². The van der Waals surface area contributed by atoms with E-state index in [2.05, 4.69) is 14.8 Å². The summed E-state index contributed by atoms with van der Waals surface area (Å²) in [5, 5.41) is 2.63. The van der Waals surface area contributed by atoms with Crippen molar-refractivity contribution in [1.29, 1.82) is 0 Å². The first-order valence-electron chi connectivity index (χ1n) is 7.16. The first-order chi connectivity index (χ1) is 11.6. The predicted molar refractivity (Wildman–Crippen MR) is 94.5 cm³/mol. The van der Waals surface area contributed by atoms with E-state index in [4.69, 9.17) is 0 Å². The number of nitrogens with one attached hydrogen (secondary N) is 3. The van der Waals surface area contributed by atoms with Crippen LogP contribution in [0.2, 0.25) is 0 Å². The molecule has 1 aliphatic heterocycles. The van der Waals surface area contributed by atoms with Crippen molar-refractivity contribution in [3.8, 4) is 0 Å². The second-order valence-corrected chi connectivity index (χ2v) is 9.00. The number of carbonyl (C=O) groups is 1. The van der Waals surface area contributed by atoms with Gasteiger partial charge in [-0.1, -0.05) is 12.1 Å². The second kappa shape index (κ2) is 6.05. The van der Waals surface area contributed by atoms with Crippen LogP contribution >= 0.6 is 0 Å². The van der Waals surface area contributed by atoms with Gasteiger partial charge in [0.25, 0.3) is 10.0 Å². The van der Waals surface area contributed by atoms with Crippen LogP contribution in [0.1, 0.15) is 5.56 Å². The predicted octanol–water partition coefficient (Wildman–Crippen LogP) is 1.35. The van der Waals surface area contributed by atoms with E-state index in [1.54, 1.807) is 12.1 Å². The minimum absolute atomic E-state index is 0.0168. The summed E-state index contributed by atoms with van der Waals surface area (Å²) >= 11 is 0. The van der Waals surface area contributed by atoms with Crippen molar-refractivity contribution >= 4 is 43.0 Å². The smallest absolute Gasteiger partial charge is 0.261 e. The summed E-state index contributed by atoms with van der Waals surface area (Å²) in [7, 11) is -7.52. The van der Waals surface area contributed by atoms with Gasteiger partial charge in [-0.3, -0.25) is 14.2 Å². The molecule has 0 unspecified atom stereocenters. The molecule has 1 heterocycles. The molecule has 25 heavy (non-hydrogen) atoms. The number of anilines is 3. The molecule has 8 nitrogen and oxygen atoms in total. The van der Waals surface area contributed by atoms with E-state index in [1.807, 2.05) is 0 Å². The molecular formula is C15H15N3O5S2. The standard InChI is InChI=1S/C15H15N3O5S2/c1-24(20,21)17-13-4-2-3-5-14(13)18-25(22,23)11-6-7-12-10(8-11)9-15(19)16-12/h2-8,17-18H,9H2,1H3,(H,16,19). The summed E-state index contributed by atoms with van der Waals surface area (Å²) in [5.74, 6) is -0.194. The third-order valence-corrected chi connectivity index (χ3v) is 5.43. The van der Waals surface area contributed by atoms with Crippen molar-refractivity contribution in [2.75, 3.05) is 21.0 Å². The minimum Gasteiger partial charge on any atom is -0.326 e. The van der Waals surface area contributed by atoms with Crippen LogP contribution in [0, 0.1) is 0 Å². The Balaban J connectivity index is 1.93. The Bertz CT molecular complexity index is 1060. The van der Waals surface area contributed by atoms with Crippen molar-refractivity contribution in [3.05, 3.63) is 48.0 Å². The molecule has 0 atom stereocenters. The highest BCUT2D eigenvalue weighted by atomic mass is 32.2. The Morgan fingerprint density at radius 2 is 1.60 bits per heavy atom. The molecule has 132 valence electrons. The maximum Gasteiger partial charge on any atom is 0.261 e. The molecule has 1 aliphatic rings. The third kappa shape index (κ3) is 3.91. The summed E-state index contributed by atoms with van der Waals surface area (Å²) in [6.07, 6.45) is 1.09. The number of hydrogen-bond acceptors (Lipinski definition) is 5. The van der Waals surface area contributed by atoms with Crippen LogP contribution in [0.15, 0.2) is 47.4 Å². The molecule has 0 fully saturated rings. The number of carbonyl (C=O) groups excluding carboxylic acids is 1. The molecule has 2 aromatic carbocycles. The van der Waals surface area contributed by atoms with Crippen LogP contribution in [0.25, 0.3) is 0 Å². The molecule has 0 spiro atoms. The van der Waals surface area contributed by atoms with Gasteiger partial charge in [0.1, 0.15) is 0 Å². The van der Waals surface area contributed by atoms with E-state index in [0.717, 1.165) is 6.26 Å². The Morgan fingerprint density at radius 3 is 2.24 bits per heavy atom. The fourth-order valence-corrected chi connectivity index (χ4v) is 4.14. The topological polar surface area (TPSA) is 121 Å². The van der Waals surface area contributed by atoms with Crippen LogP contribution in [-0.2, 0) is 31.3 Å². The van der Waals surface area contributed by atoms with E-state index in [1.165, 1.54) is 30.3 Å². The van der Waals surface area contributed by atoms with Gasteiger partial charge in [-0.05, 0) is 35.9 Å². The Labute approximate surface area is 145 Å². The zero-order valence-corrected chi connectivity index (χ0v) is 14.7. The van der Waals surface area contributed by atoms with Crippen molar-refractivity contribution in [1.82, 2.24) is 0 Å². The molecule has 3 rings (SSSR count). The molecule has 10 heteroatoms. The van der Waals surface area contributed by atoms with Crippen molar-refractivity contribution in [3.63, 3.8) is 0 Å². The maximum absolute atomic E-state index is 12.6. The lowest BCUT2D eigenvalue weighted by molar-refractivity contribution is -0.115. The Kier molecular flexibility index (Phi) is 4.17. The molecule has 0 saturated heterocycles. The summed E-state index contributed by atoms with van der Waals surface area (Å²) < 4.78 is 52.7. The molecule has 0 radical (unpaired) electrons. The van der Waals surface area contributed by atoms with E-state index in [9.17, 15) is 21.6 Å². The molecule has 0 aliphatic carbocycles. The van der Waals surface area contributed by atoms with Gasteiger partial charge in [-0.15, -0.1) is 0 Å². The van der Waals surface area contributed by atoms with Crippen LogP contribution < -0.4 is 14.8 Å². The number of sulfonamides is 2. The van der Waals surface area contributed by atoms with E-state index in [0.29, 0.717) is 11.3 Å². The van der Waals surface area contributed by atoms with Crippen LogP contribution in [0.3, 0.4) is 0 Å². The number of amides is 1. The van der Waals surface area contributed by atoms with Crippen LogP contribution in [0.5, 0.6) is 0 Å². The van der Waals surface area contributed by atoms with Gasteiger partial charge in [-0.2, -0.15) is 0 Å². The van der Waals surface area contributed by atoms with E-state index in [-0.39, 0.29) is 28.6 Å². The van der Waals surface area contributed by atoms with Gasteiger partial charge >= 0.3 is 0 Å². The van der Waals surface area contributed by atoms with Crippen molar-refractivity contribution in [2.45, 2.75) is 11.3 Å². The minimum atomic E-state index is -3.95. The first kappa shape index (κ1) is 17.2. The quantitative estimate of drug-likeness (QED) is 0.722. The zero-order valence-electron chi connectivity index (χ0n) is 13.1. The SMILES string of the molecule is CS(=O)(=O)Nc1ccccc1NS(=O)(=O)c1ccc2c(c1)CC(=O)N2. The highest BCUT2D eigenvalue weighted by molar-refractivity contribution is 7.93. The van der Waals surface area contributed by atoms with Gasteiger partial charge in [0.2, 0.25) is 15.9 Å². The first-order valence-corrected chi connectivity index (χ1v) is 10.5. The monoisotopic (exact) mass is 381 g/mol. The highest BCUT2D eigenvalue weighted by Crippen LogP contribution is 2.29. The number of fused-ring (bicyclic) bond motifs is 1. The van der Waals surface area contributed by atoms with Crippen LogP contribution in [0.4, 0.5) is 17.1 Å². The van der Waals surface area contributed by atoms with Crippen molar-refractivity contribution in [2.24, 2.45) is 0 Å². The normalized spacial score (nSPS) is 13.9. The third-order valence-electron chi connectivity index (χ3n) is 3.48.